The molecule has 1 heterocycles. The molecule has 4 nitrogen and oxygen atoms in total. The maximum atomic E-state index is 5.70. The van der Waals surface area contributed by atoms with Crippen LogP contribution in [0.1, 0.15) is 31.2 Å². The molecule has 0 saturated heterocycles. The average molecular weight is 197 g/mol. The summed E-state index contributed by atoms with van der Waals surface area (Å²) in [6.45, 7) is 6.53. The minimum absolute atomic E-state index is 0.0382. The Labute approximate surface area is 85.0 Å². The third-order valence-corrected chi connectivity index (χ3v) is 2.27. The molecular weight excluding hydrogens is 178 g/mol. The van der Waals surface area contributed by atoms with Crippen molar-refractivity contribution in [3.05, 3.63) is 17.5 Å². The van der Waals surface area contributed by atoms with Crippen LogP contribution in [0.5, 0.6) is 0 Å². The molecule has 0 aliphatic carbocycles. The number of hydrogen-bond acceptors (Lipinski definition) is 3. The molecule has 2 N–H and O–H groups in total. The van der Waals surface area contributed by atoms with Gasteiger partial charge in [0.2, 0.25) is 0 Å². The Morgan fingerprint density at radius 2 is 2.21 bits per heavy atom. The fourth-order valence-electron chi connectivity index (χ4n) is 1.42. The van der Waals surface area contributed by atoms with Crippen LogP contribution >= 0.6 is 0 Å². The number of nitrogens with zero attached hydrogens (tertiary/aromatic N) is 2. The SMILES string of the molecule is Cc1c(C(CN)OC(C)C)cnn1C. The third kappa shape index (κ3) is 2.33. The second-order valence-electron chi connectivity index (χ2n) is 3.72. The van der Waals surface area contributed by atoms with Crippen molar-refractivity contribution >= 4 is 0 Å². The smallest absolute Gasteiger partial charge is 0.0983 e. The van der Waals surface area contributed by atoms with Gasteiger partial charge in [0, 0.05) is 24.8 Å². The van der Waals surface area contributed by atoms with Crippen molar-refractivity contribution in [2.75, 3.05) is 6.54 Å². The van der Waals surface area contributed by atoms with E-state index in [1.165, 1.54) is 0 Å². The van der Waals surface area contributed by atoms with E-state index in [4.69, 9.17) is 10.5 Å². The summed E-state index contributed by atoms with van der Waals surface area (Å²) < 4.78 is 7.54. The fourth-order valence-corrected chi connectivity index (χ4v) is 1.42. The molecule has 0 aromatic carbocycles. The molecule has 1 unspecified atom stereocenters. The number of aromatic nitrogens is 2. The lowest BCUT2D eigenvalue weighted by atomic mass is 10.1. The maximum absolute atomic E-state index is 5.70. The van der Waals surface area contributed by atoms with Gasteiger partial charge in [-0.25, -0.2) is 0 Å². The van der Waals surface area contributed by atoms with Crippen LogP contribution in [0.4, 0.5) is 0 Å². The number of hydrogen-bond donors (Lipinski definition) is 1. The van der Waals surface area contributed by atoms with Crippen LogP contribution in [0, 0.1) is 6.92 Å². The minimum atomic E-state index is -0.0382. The van der Waals surface area contributed by atoms with Crippen molar-refractivity contribution in [1.82, 2.24) is 9.78 Å². The van der Waals surface area contributed by atoms with Gasteiger partial charge in [-0.3, -0.25) is 4.68 Å². The van der Waals surface area contributed by atoms with E-state index in [9.17, 15) is 0 Å². The van der Waals surface area contributed by atoms with Crippen molar-refractivity contribution in [2.24, 2.45) is 12.8 Å². The standard InChI is InChI=1S/C10H19N3O/c1-7(2)14-10(5-11)9-6-12-13(4)8(9)3/h6-7,10H,5,11H2,1-4H3. The van der Waals surface area contributed by atoms with Gasteiger partial charge in [0.15, 0.2) is 0 Å². The number of ether oxygens (including phenoxy) is 1. The Morgan fingerprint density at radius 3 is 2.57 bits per heavy atom. The Morgan fingerprint density at radius 1 is 1.57 bits per heavy atom. The molecule has 0 saturated carbocycles. The molecule has 0 aliphatic heterocycles. The first-order valence-electron chi connectivity index (χ1n) is 4.90. The second-order valence-corrected chi connectivity index (χ2v) is 3.72. The molecular formula is C10H19N3O. The zero-order valence-corrected chi connectivity index (χ0v) is 9.32. The van der Waals surface area contributed by atoms with Gasteiger partial charge >= 0.3 is 0 Å². The van der Waals surface area contributed by atoms with Crippen LogP contribution in [0.25, 0.3) is 0 Å². The maximum Gasteiger partial charge on any atom is 0.0983 e. The number of aryl methyl sites for hydroxylation is 1. The summed E-state index contributed by atoms with van der Waals surface area (Å²) in [4.78, 5) is 0. The van der Waals surface area contributed by atoms with Crippen LogP contribution < -0.4 is 5.73 Å². The molecule has 0 radical (unpaired) electrons. The molecule has 1 aromatic heterocycles. The zero-order chi connectivity index (χ0) is 10.7. The summed E-state index contributed by atoms with van der Waals surface area (Å²) in [5.41, 5.74) is 7.87. The molecule has 80 valence electrons. The molecule has 1 atom stereocenters. The van der Waals surface area contributed by atoms with Crippen molar-refractivity contribution in [1.29, 1.82) is 0 Å². The molecule has 0 bridgehead atoms. The van der Waals surface area contributed by atoms with Crippen LogP contribution in [0.3, 0.4) is 0 Å². The number of nitrogens with two attached hydrogens (primary N) is 1. The summed E-state index contributed by atoms with van der Waals surface area (Å²) >= 11 is 0. The molecule has 0 amide bonds. The van der Waals surface area contributed by atoms with Gasteiger partial charge in [0.05, 0.1) is 18.4 Å². The van der Waals surface area contributed by atoms with Crippen LogP contribution in [-0.2, 0) is 11.8 Å². The highest BCUT2D eigenvalue weighted by molar-refractivity contribution is 5.19. The van der Waals surface area contributed by atoms with Gasteiger partial charge in [-0.15, -0.1) is 0 Å². The second kappa shape index (κ2) is 4.57. The Balaban J connectivity index is 2.84. The molecule has 1 rings (SSSR count). The first-order chi connectivity index (χ1) is 6.56. The average Bonchev–Trinajstić information content (AvgIpc) is 2.44. The number of rotatable bonds is 4. The van der Waals surface area contributed by atoms with Gasteiger partial charge < -0.3 is 10.5 Å². The molecule has 0 aliphatic rings. The lowest BCUT2D eigenvalue weighted by Crippen LogP contribution is -2.19. The van der Waals surface area contributed by atoms with Crippen molar-refractivity contribution in [3.63, 3.8) is 0 Å². The van der Waals surface area contributed by atoms with Gasteiger partial charge in [-0.2, -0.15) is 5.10 Å². The molecule has 4 heteroatoms. The molecule has 1 aromatic rings. The lowest BCUT2D eigenvalue weighted by Gasteiger charge is -2.18. The van der Waals surface area contributed by atoms with E-state index in [1.807, 2.05) is 38.7 Å². The van der Waals surface area contributed by atoms with E-state index < -0.39 is 0 Å². The van der Waals surface area contributed by atoms with Crippen molar-refractivity contribution in [2.45, 2.75) is 33.0 Å². The third-order valence-electron chi connectivity index (χ3n) is 2.27. The predicted molar refractivity (Wildman–Crippen MR) is 56.0 cm³/mol. The highest BCUT2D eigenvalue weighted by Crippen LogP contribution is 2.20. The van der Waals surface area contributed by atoms with E-state index in [-0.39, 0.29) is 12.2 Å². The van der Waals surface area contributed by atoms with Crippen molar-refractivity contribution < 1.29 is 4.74 Å². The fraction of sp³-hybridized carbons (Fsp3) is 0.700. The van der Waals surface area contributed by atoms with E-state index >= 15 is 0 Å². The monoisotopic (exact) mass is 197 g/mol. The topological polar surface area (TPSA) is 53.1 Å². The highest BCUT2D eigenvalue weighted by Gasteiger charge is 2.16. The summed E-state index contributed by atoms with van der Waals surface area (Å²) in [7, 11) is 1.92. The van der Waals surface area contributed by atoms with Gasteiger partial charge in [0.1, 0.15) is 0 Å². The first kappa shape index (κ1) is 11.2. The normalized spacial score (nSPS) is 13.6. The summed E-state index contributed by atoms with van der Waals surface area (Å²) in [5.74, 6) is 0. The van der Waals surface area contributed by atoms with Gasteiger partial charge in [-0.1, -0.05) is 0 Å². The molecule has 0 fully saturated rings. The first-order valence-corrected chi connectivity index (χ1v) is 4.90. The van der Waals surface area contributed by atoms with E-state index in [2.05, 4.69) is 5.10 Å². The van der Waals surface area contributed by atoms with Gasteiger partial charge in [-0.05, 0) is 20.8 Å². The lowest BCUT2D eigenvalue weighted by molar-refractivity contribution is 0.0116. The van der Waals surface area contributed by atoms with Crippen LogP contribution in [-0.4, -0.2) is 22.4 Å². The summed E-state index contributed by atoms with van der Waals surface area (Å²) in [5, 5.41) is 4.17. The predicted octanol–water partition coefficient (Wildman–Crippen LogP) is 1.15. The Kier molecular flexibility index (Phi) is 3.66. The van der Waals surface area contributed by atoms with Crippen molar-refractivity contribution in [3.8, 4) is 0 Å². The minimum Gasteiger partial charge on any atom is -0.369 e. The highest BCUT2D eigenvalue weighted by atomic mass is 16.5. The summed E-state index contributed by atoms with van der Waals surface area (Å²) in [6.07, 6.45) is 1.97. The zero-order valence-electron chi connectivity index (χ0n) is 9.32. The van der Waals surface area contributed by atoms with E-state index in [0.29, 0.717) is 6.54 Å². The van der Waals surface area contributed by atoms with Crippen LogP contribution in [0.2, 0.25) is 0 Å². The quantitative estimate of drug-likeness (QED) is 0.788. The largest absolute Gasteiger partial charge is 0.369 e. The summed E-state index contributed by atoms with van der Waals surface area (Å²) in [6, 6.07) is 0. The van der Waals surface area contributed by atoms with Gasteiger partial charge in [0.25, 0.3) is 0 Å². The Bertz CT molecular complexity index is 294. The molecule has 14 heavy (non-hydrogen) atoms. The molecule has 0 spiro atoms. The van der Waals surface area contributed by atoms with Crippen LogP contribution in [0.15, 0.2) is 6.20 Å². The Hall–Kier alpha value is -0.870. The van der Waals surface area contributed by atoms with E-state index in [1.54, 1.807) is 0 Å². The van der Waals surface area contributed by atoms with E-state index in [0.717, 1.165) is 11.3 Å².